The van der Waals surface area contributed by atoms with E-state index in [1.807, 2.05) is 0 Å². The number of hydrogen-bond donors (Lipinski definition) is 0. The van der Waals surface area contributed by atoms with Crippen molar-refractivity contribution in [3.8, 4) is 0 Å². The Balaban J connectivity index is 0.000000187. The normalized spacial score (nSPS) is 10.5. The third kappa shape index (κ3) is 10.5. The monoisotopic (exact) mass is 796 g/mol. The Morgan fingerprint density at radius 1 is 0.259 bits per heavy atom. The highest BCUT2D eigenvalue weighted by Crippen LogP contribution is 2.55. The fraction of sp³-hybridized carbons (Fsp3) is 0.0385. The zero-order valence-electron chi connectivity index (χ0n) is 32.6. The van der Waals surface area contributed by atoms with Crippen LogP contribution in [0.4, 0.5) is 0 Å². The molecule has 0 heterocycles. The lowest BCUT2D eigenvalue weighted by molar-refractivity contribution is -0.303. The Labute approximate surface area is 343 Å². The molecule has 0 saturated heterocycles. The van der Waals surface area contributed by atoms with E-state index in [0.29, 0.717) is 0 Å². The first kappa shape index (κ1) is 42.7. The van der Waals surface area contributed by atoms with Gasteiger partial charge in [0.1, 0.15) is 57.0 Å². The predicted molar refractivity (Wildman–Crippen MR) is 244 cm³/mol. The molecule has 4 nitrogen and oxygen atoms in total. The van der Waals surface area contributed by atoms with Gasteiger partial charge >= 0.3 is 0 Å². The molecule has 8 rings (SSSR count). The van der Waals surface area contributed by atoms with Crippen molar-refractivity contribution in [2.45, 2.75) is 13.8 Å². The van der Waals surface area contributed by atoms with Crippen molar-refractivity contribution in [2.75, 3.05) is 0 Å². The van der Waals surface area contributed by atoms with Gasteiger partial charge in [0.15, 0.2) is 0 Å². The van der Waals surface area contributed by atoms with Crippen molar-refractivity contribution in [1.82, 2.24) is 0 Å². The van der Waals surface area contributed by atoms with E-state index in [0.717, 1.165) is 13.8 Å². The summed E-state index contributed by atoms with van der Waals surface area (Å²) in [5.41, 5.74) is 0. The zero-order chi connectivity index (χ0) is 41.1. The first-order valence-electron chi connectivity index (χ1n) is 18.9. The van der Waals surface area contributed by atoms with Gasteiger partial charge in [-0.15, -0.1) is 0 Å². The summed E-state index contributed by atoms with van der Waals surface area (Å²) < 4.78 is 0. The quantitative estimate of drug-likeness (QED) is 0.174. The standard InChI is InChI=1S/2C24H20P.2C2H4O2/c2*1-5-13-21(14-6-1)25(22-15-7-2-8-16-22,23-17-9-3-10-18-23)24-19-11-4-12-20-24;2*1-2(3)4/h2*1-20H;2*1H3,(H,3,4)/q2*+1;;/p-2. The Morgan fingerprint density at radius 3 is 0.431 bits per heavy atom. The molecular weight excluding hydrogens is 751 g/mol. The number of benzene rings is 8. The first-order valence-corrected chi connectivity index (χ1v) is 22.5. The number of rotatable bonds is 8. The first-order chi connectivity index (χ1) is 28.3. The highest BCUT2D eigenvalue weighted by molar-refractivity contribution is 8.02. The topological polar surface area (TPSA) is 80.3 Å². The molecule has 58 heavy (non-hydrogen) atoms. The molecule has 0 unspecified atom stereocenters. The summed E-state index contributed by atoms with van der Waals surface area (Å²) in [5.74, 6) is -2.17. The molecule has 0 radical (unpaired) electrons. The van der Waals surface area contributed by atoms with Gasteiger partial charge in [0.2, 0.25) is 0 Å². The maximum Gasteiger partial charge on any atom is 0.144 e. The summed E-state index contributed by atoms with van der Waals surface area (Å²) in [6.07, 6.45) is 0. The third-order valence-electron chi connectivity index (χ3n) is 9.15. The Hall–Kier alpha value is -6.44. The minimum atomic E-state index is -1.91. The molecule has 0 bridgehead atoms. The maximum atomic E-state index is 8.89. The summed E-state index contributed by atoms with van der Waals surface area (Å²) in [4.78, 5) is 17.8. The van der Waals surface area contributed by atoms with Crippen molar-refractivity contribution in [3.05, 3.63) is 243 Å². The molecule has 0 saturated carbocycles. The van der Waals surface area contributed by atoms with E-state index < -0.39 is 26.5 Å². The van der Waals surface area contributed by atoms with Crippen molar-refractivity contribution in [3.63, 3.8) is 0 Å². The van der Waals surface area contributed by atoms with Crippen LogP contribution in [0.15, 0.2) is 243 Å². The lowest BCUT2D eigenvalue weighted by Crippen LogP contribution is -2.38. The molecule has 0 aliphatic rings. The molecule has 8 aromatic rings. The van der Waals surface area contributed by atoms with E-state index in [1.54, 1.807) is 0 Å². The maximum absolute atomic E-state index is 8.89. The number of hydrogen-bond acceptors (Lipinski definition) is 4. The van der Waals surface area contributed by atoms with Gasteiger partial charge in [-0.3, -0.25) is 0 Å². The van der Waals surface area contributed by atoms with Crippen LogP contribution in [0.25, 0.3) is 0 Å². The Bertz CT molecular complexity index is 1870. The second-order valence-electron chi connectivity index (χ2n) is 13.0. The van der Waals surface area contributed by atoms with Crippen LogP contribution in [0.5, 0.6) is 0 Å². The SMILES string of the molecule is CC(=O)[O-].CC(=O)[O-].c1ccc([P+](c2ccccc2)(c2ccccc2)c2ccccc2)cc1.c1ccc([P+](c2ccccc2)(c2ccccc2)c2ccccc2)cc1. The fourth-order valence-electron chi connectivity index (χ4n) is 7.00. The molecular formula is C52H46O4P2. The van der Waals surface area contributed by atoms with Crippen LogP contribution in [0, 0.1) is 0 Å². The molecule has 0 aromatic heterocycles. The largest absolute Gasteiger partial charge is 0.550 e. The summed E-state index contributed by atoms with van der Waals surface area (Å²) in [6.45, 7) is 1.94. The smallest absolute Gasteiger partial charge is 0.144 e. The summed E-state index contributed by atoms with van der Waals surface area (Å²) >= 11 is 0. The second-order valence-corrected chi connectivity index (χ2v) is 19.8. The van der Waals surface area contributed by atoms with E-state index in [1.165, 1.54) is 42.4 Å². The number of carbonyl (C=O) groups is 2. The minimum absolute atomic E-state index is 0.972. The van der Waals surface area contributed by atoms with Gasteiger partial charge in [-0.1, -0.05) is 146 Å². The summed E-state index contributed by atoms with van der Waals surface area (Å²) in [6, 6.07) is 87.7. The summed E-state index contributed by atoms with van der Waals surface area (Å²) in [7, 11) is -3.81. The van der Waals surface area contributed by atoms with Crippen molar-refractivity contribution in [1.29, 1.82) is 0 Å². The van der Waals surface area contributed by atoms with Gasteiger partial charge in [0.05, 0.1) is 0 Å². The number of carboxylic acids is 2. The molecule has 0 spiro atoms. The average molecular weight is 797 g/mol. The van der Waals surface area contributed by atoms with E-state index in [-0.39, 0.29) is 0 Å². The van der Waals surface area contributed by atoms with Gasteiger partial charge in [0, 0.05) is 11.9 Å². The molecule has 0 fully saturated rings. The number of aliphatic carboxylic acids is 2. The molecule has 288 valence electrons. The molecule has 0 N–H and O–H groups in total. The second kappa shape index (κ2) is 21.8. The van der Waals surface area contributed by atoms with E-state index in [2.05, 4.69) is 243 Å². The average Bonchev–Trinajstić information content (AvgIpc) is 3.27. The van der Waals surface area contributed by atoms with E-state index >= 15 is 0 Å². The van der Waals surface area contributed by atoms with Crippen molar-refractivity contribution < 1.29 is 19.8 Å². The lowest BCUT2D eigenvalue weighted by Gasteiger charge is -2.27. The Morgan fingerprint density at radius 2 is 0.345 bits per heavy atom. The molecule has 6 heteroatoms. The van der Waals surface area contributed by atoms with Crippen molar-refractivity contribution >= 4 is 68.9 Å². The minimum Gasteiger partial charge on any atom is -0.550 e. The van der Waals surface area contributed by atoms with Gasteiger partial charge in [-0.05, 0) is 111 Å². The lowest BCUT2D eigenvalue weighted by atomic mass is 10.3. The van der Waals surface area contributed by atoms with E-state index in [4.69, 9.17) is 19.8 Å². The van der Waals surface area contributed by atoms with Crippen LogP contribution in [0.1, 0.15) is 13.8 Å². The van der Waals surface area contributed by atoms with Gasteiger partial charge in [-0.2, -0.15) is 0 Å². The van der Waals surface area contributed by atoms with Crippen LogP contribution >= 0.6 is 14.5 Å². The molecule has 0 atom stereocenters. The highest BCUT2D eigenvalue weighted by Gasteiger charge is 2.48. The highest BCUT2D eigenvalue weighted by atomic mass is 31.2. The molecule has 8 aromatic carbocycles. The van der Waals surface area contributed by atoms with Crippen LogP contribution in [0.3, 0.4) is 0 Å². The van der Waals surface area contributed by atoms with E-state index in [9.17, 15) is 0 Å². The van der Waals surface area contributed by atoms with Gasteiger partial charge in [-0.25, -0.2) is 0 Å². The van der Waals surface area contributed by atoms with Gasteiger partial charge < -0.3 is 19.8 Å². The molecule has 0 aliphatic heterocycles. The van der Waals surface area contributed by atoms with Gasteiger partial charge in [0.25, 0.3) is 0 Å². The zero-order valence-corrected chi connectivity index (χ0v) is 34.4. The third-order valence-corrected chi connectivity index (χ3v) is 17.7. The van der Waals surface area contributed by atoms with Crippen LogP contribution in [-0.2, 0) is 9.59 Å². The van der Waals surface area contributed by atoms with Crippen LogP contribution in [-0.4, -0.2) is 11.9 Å². The number of carboxylic acid groups (broad SMARTS) is 2. The van der Waals surface area contributed by atoms with Crippen LogP contribution in [0.2, 0.25) is 0 Å². The van der Waals surface area contributed by atoms with Crippen LogP contribution < -0.4 is 52.6 Å². The summed E-state index contributed by atoms with van der Waals surface area (Å²) in [5, 5.41) is 28.9. The fourth-order valence-corrected chi connectivity index (χ4v) is 15.5. The molecule has 0 aliphatic carbocycles. The predicted octanol–water partition coefficient (Wildman–Crippen LogP) is 6.12. The number of carbonyl (C=O) groups excluding carboxylic acids is 2. The Kier molecular flexibility index (Phi) is 16.0. The van der Waals surface area contributed by atoms with Crippen molar-refractivity contribution in [2.24, 2.45) is 0 Å². The molecule has 0 amide bonds.